The third kappa shape index (κ3) is 2.96. The van der Waals surface area contributed by atoms with Crippen LogP contribution in [-0.2, 0) is 13.1 Å². The summed E-state index contributed by atoms with van der Waals surface area (Å²) in [6, 6.07) is 5.59. The number of aromatic nitrogens is 2. The second kappa shape index (κ2) is 5.78. The fourth-order valence-corrected chi connectivity index (χ4v) is 1.91. The summed E-state index contributed by atoms with van der Waals surface area (Å²) in [7, 11) is 1.65. The Balaban J connectivity index is 2.07. The summed E-state index contributed by atoms with van der Waals surface area (Å²) in [5.74, 6) is 0.829. The minimum absolute atomic E-state index is 0.652. The zero-order valence-electron chi connectivity index (χ0n) is 10.5. The van der Waals surface area contributed by atoms with Gasteiger partial charge in [-0.25, -0.2) is 0 Å². The smallest absolute Gasteiger partial charge is 0.123 e. The van der Waals surface area contributed by atoms with E-state index in [2.05, 4.69) is 17.3 Å². The van der Waals surface area contributed by atoms with Gasteiger partial charge in [-0.3, -0.25) is 4.68 Å². The highest BCUT2D eigenvalue weighted by Crippen LogP contribution is 2.23. The molecule has 0 saturated carbocycles. The number of methoxy groups -OCH3 is 1. The van der Waals surface area contributed by atoms with Crippen molar-refractivity contribution in [3.05, 3.63) is 41.2 Å². The average molecular weight is 266 g/mol. The Kier molecular flexibility index (Phi) is 4.10. The van der Waals surface area contributed by atoms with E-state index in [0.29, 0.717) is 11.6 Å². The van der Waals surface area contributed by atoms with E-state index in [4.69, 9.17) is 16.3 Å². The molecule has 18 heavy (non-hydrogen) atoms. The molecule has 0 spiro atoms. The maximum Gasteiger partial charge on any atom is 0.123 e. The van der Waals surface area contributed by atoms with Gasteiger partial charge in [0.15, 0.2) is 0 Å². The first-order valence-electron chi connectivity index (χ1n) is 5.81. The van der Waals surface area contributed by atoms with Crippen molar-refractivity contribution in [2.75, 3.05) is 12.4 Å². The average Bonchev–Trinajstić information content (AvgIpc) is 2.84. The van der Waals surface area contributed by atoms with Gasteiger partial charge in [-0.2, -0.15) is 5.10 Å². The molecule has 1 N–H and O–H groups in total. The molecular weight excluding hydrogens is 250 g/mol. The summed E-state index contributed by atoms with van der Waals surface area (Å²) in [6.45, 7) is 3.57. The molecule has 0 fully saturated rings. The van der Waals surface area contributed by atoms with Gasteiger partial charge in [0, 0.05) is 29.9 Å². The lowest BCUT2D eigenvalue weighted by Gasteiger charge is -2.09. The number of hydrogen-bond acceptors (Lipinski definition) is 3. The number of nitrogens with zero attached hydrogens (tertiary/aromatic N) is 2. The number of nitrogens with one attached hydrogen (secondary N) is 1. The predicted molar refractivity (Wildman–Crippen MR) is 73.2 cm³/mol. The molecular formula is C13H16ClN3O. The largest absolute Gasteiger partial charge is 0.496 e. The van der Waals surface area contributed by atoms with E-state index in [-0.39, 0.29) is 0 Å². The molecule has 0 aliphatic rings. The van der Waals surface area contributed by atoms with Crippen molar-refractivity contribution < 1.29 is 4.74 Å². The van der Waals surface area contributed by atoms with Crippen LogP contribution in [0.25, 0.3) is 0 Å². The SMILES string of the molecule is CCn1cc(NCc2cc(Cl)ccc2OC)cn1. The molecule has 0 aliphatic carbocycles. The van der Waals surface area contributed by atoms with Gasteiger partial charge in [0.1, 0.15) is 5.75 Å². The van der Waals surface area contributed by atoms with Gasteiger partial charge >= 0.3 is 0 Å². The second-order valence-electron chi connectivity index (χ2n) is 3.89. The number of anilines is 1. The second-order valence-corrected chi connectivity index (χ2v) is 4.33. The first-order chi connectivity index (χ1) is 8.72. The van der Waals surface area contributed by atoms with Crippen molar-refractivity contribution in [3.8, 4) is 5.75 Å². The lowest BCUT2D eigenvalue weighted by atomic mass is 10.2. The van der Waals surface area contributed by atoms with Crippen molar-refractivity contribution in [1.29, 1.82) is 0 Å². The lowest BCUT2D eigenvalue weighted by molar-refractivity contribution is 0.410. The third-order valence-corrected chi connectivity index (χ3v) is 2.92. The van der Waals surface area contributed by atoms with Crippen molar-refractivity contribution in [1.82, 2.24) is 9.78 Å². The summed E-state index contributed by atoms with van der Waals surface area (Å²) < 4.78 is 7.17. The topological polar surface area (TPSA) is 39.1 Å². The van der Waals surface area contributed by atoms with Gasteiger partial charge < -0.3 is 10.1 Å². The summed E-state index contributed by atoms with van der Waals surface area (Å²) in [4.78, 5) is 0. The summed E-state index contributed by atoms with van der Waals surface area (Å²) in [6.07, 6.45) is 3.78. The molecule has 1 aromatic carbocycles. The molecule has 0 amide bonds. The van der Waals surface area contributed by atoms with E-state index in [0.717, 1.165) is 23.5 Å². The molecule has 0 bridgehead atoms. The Hall–Kier alpha value is -1.68. The summed E-state index contributed by atoms with van der Waals surface area (Å²) in [5.41, 5.74) is 2.01. The Bertz CT molecular complexity index is 525. The number of ether oxygens (including phenoxy) is 1. The van der Waals surface area contributed by atoms with E-state index in [1.165, 1.54) is 0 Å². The van der Waals surface area contributed by atoms with Crippen molar-refractivity contribution in [2.45, 2.75) is 20.0 Å². The normalized spacial score (nSPS) is 10.4. The number of halogens is 1. The fourth-order valence-electron chi connectivity index (χ4n) is 1.71. The minimum Gasteiger partial charge on any atom is -0.496 e. The predicted octanol–water partition coefficient (Wildman–Crippen LogP) is 3.18. The zero-order valence-corrected chi connectivity index (χ0v) is 11.2. The first-order valence-corrected chi connectivity index (χ1v) is 6.19. The monoisotopic (exact) mass is 265 g/mol. The Labute approximate surface area is 112 Å². The molecule has 0 saturated heterocycles. The fraction of sp³-hybridized carbons (Fsp3) is 0.308. The van der Waals surface area contributed by atoms with Crippen LogP contribution in [0.5, 0.6) is 5.75 Å². The Morgan fingerprint density at radius 3 is 2.94 bits per heavy atom. The van der Waals surface area contributed by atoms with Crippen LogP contribution in [0.15, 0.2) is 30.6 Å². The molecule has 5 heteroatoms. The van der Waals surface area contributed by atoms with Crippen LogP contribution in [0.1, 0.15) is 12.5 Å². The summed E-state index contributed by atoms with van der Waals surface area (Å²) >= 11 is 5.98. The Morgan fingerprint density at radius 1 is 1.44 bits per heavy atom. The molecule has 1 heterocycles. The highest BCUT2D eigenvalue weighted by Gasteiger charge is 2.04. The van der Waals surface area contributed by atoms with Crippen molar-refractivity contribution >= 4 is 17.3 Å². The van der Waals surface area contributed by atoms with Gasteiger partial charge in [0.05, 0.1) is 19.0 Å². The van der Waals surface area contributed by atoms with Crippen LogP contribution in [-0.4, -0.2) is 16.9 Å². The van der Waals surface area contributed by atoms with Crippen LogP contribution < -0.4 is 10.1 Å². The highest BCUT2D eigenvalue weighted by molar-refractivity contribution is 6.30. The molecule has 96 valence electrons. The van der Waals surface area contributed by atoms with E-state index in [1.54, 1.807) is 13.3 Å². The number of hydrogen-bond donors (Lipinski definition) is 1. The van der Waals surface area contributed by atoms with Crippen molar-refractivity contribution in [2.24, 2.45) is 0 Å². The van der Waals surface area contributed by atoms with Gasteiger partial charge in [0.25, 0.3) is 0 Å². The standard InChI is InChI=1S/C13H16ClN3O/c1-3-17-9-12(8-16-17)15-7-10-6-11(14)4-5-13(10)18-2/h4-6,8-9,15H,3,7H2,1-2H3. The van der Waals surface area contributed by atoms with E-state index >= 15 is 0 Å². The molecule has 1 aromatic heterocycles. The number of aryl methyl sites for hydroxylation is 1. The van der Waals surface area contributed by atoms with Crippen LogP contribution in [0.3, 0.4) is 0 Å². The summed E-state index contributed by atoms with van der Waals surface area (Å²) in [5, 5.41) is 8.20. The molecule has 2 rings (SSSR count). The van der Waals surface area contributed by atoms with Crippen molar-refractivity contribution in [3.63, 3.8) is 0 Å². The molecule has 4 nitrogen and oxygen atoms in total. The third-order valence-electron chi connectivity index (χ3n) is 2.68. The Morgan fingerprint density at radius 2 is 2.28 bits per heavy atom. The van der Waals surface area contributed by atoms with Crippen LogP contribution in [0, 0.1) is 0 Å². The van der Waals surface area contributed by atoms with E-state index in [9.17, 15) is 0 Å². The molecule has 0 radical (unpaired) electrons. The molecule has 0 unspecified atom stereocenters. The maximum absolute atomic E-state index is 5.98. The minimum atomic E-state index is 0.652. The van der Waals surface area contributed by atoms with Gasteiger partial charge in [0.2, 0.25) is 0 Å². The van der Waals surface area contributed by atoms with Crippen LogP contribution >= 0.6 is 11.6 Å². The molecule has 0 atom stereocenters. The number of benzene rings is 1. The van der Waals surface area contributed by atoms with E-state index < -0.39 is 0 Å². The first kappa shape index (κ1) is 12.8. The number of rotatable bonds is 5. The molecule has 0 aliphatic heterocycles. The van der Waals surface area contributed by atoms with Gasteiger partial charge in [-0.05, 0) is 25.1 Å². The maximum atomic E-state index is 5.98. The van der Waals surface area contributed by atoms with Gasteiger partial charge in [-0.15, -0.1) is 0 Å². The molecule has 2 aromatic rings. The quantitative estimate of drug-likeness (QED) is 0.903. The van der Waals surface area contributed by atoms with Gasteiger partial charge in [-0.1, -0.05) is 11.6 Å². The van der Waals surface area contributed by atoms with Crippen LogP contribution in [0.4, 0.5) is 5.69 Å². The lowest BCUT2D eigenvalue weighted by Crippen LogP contribution is -2.01. The highest BCUT2D eigenvalue weighted by atomic mass is 35.5. The zero-order chi connectivity index (χ0) is 13.0. The van der Waals surface area contributed by atoms with Crippen LogP contribution in [0.2, 0.25) is 5.02 Å². The van der Waals surface area contributed by atoms with E-state index in [1.807, 2.05) is 29.1 Å².